The van der Waals surface area contributed by atoms with E-state index in [9.17, 15) is 23.2 Å². The zero-order valence-corrected chi connectivity index (χ0v) is 25.0. The molecule has 1 aromatic rings. The van der Waals surface area contributed by atoms with Crippen LogP contribution in [-0.4, -0.2) is 72.1 Å². The van der Waals surface area contributed by atoms with E-state index < -0.39 is 53.6 Å². The highest BCUT2D eigenvalue weighted by atomic mass is 19.3. The first-order chi connectivity index (χ1) is 18.9. The van der Waals surface area contributed by atoms with Crippen LogP contribution >= 0.6 is 0 Å². The lowest BCUT2D eigenvalue weighted by molar-refractivity contribution is -0.158. The lowest BCUT2D eigenvalue weighted by atomic mass is 9.85. The normalized spacial score (nSPS) is 23.0. The van der Waals surface area contributed by atoms with Crippen molar-refractivity contribution < 1.29 is 46.8 Å². The third-order valence-corrected chi connectivity index (χ3v) is 6.95. The number of nitrogens with zero attached hydrogens (tertiary/aromatic N) is 1. The van der Waals surface area contributed by atoms with E-state index in [0.29, 0.717) is 5.75 Å². The summed E-state index contributed by atoms with van der Waals surface area (Å²) in [6, 6.07) is 6.46. The minimum Gasteiger partial charge on any atom is -0.497 e. The maximum Gasteiger partial charge on any atom is 0.509 e. The SMILES string of the molecule is COc1ccc(C[C@@H]2[C@H](OC(=O)CC3CCC(F)(F)CC3)[C@@H](OC(=O)OC(C)(C)C)CN2C(=O)OC(C)(C)C)cc1. The Hall–Kier alpha value is -3.11. The van der Waals surface area contributed by atoms with Crippen molar-refractivity contribution in [2.45, 2.75) is 115 Å². The number of alkyl halides is 2. The van der Waals surface area contributed by atoms with Gasteiger partial charge in [0, 0.05) is 19.3 Å². The molecule has 0 spiro atoms. The molecule has 1 aromatic carbocycles. The van der Waals surface area contributed by atoms with Crippen LogP contribution in [-0.2, 0) is 30.2 Å². The molecule has 0 unspecified atom stereocenters. The predicted molar refractivity (Wildman–Crippen MR) is 146 cm³/mol. The van der Waals surface area contributed by atoms with E-state index >= 15 is 0 Å². The number of likely N-dealkylation sites (tertiary alicyclic amines) is 1. The molecule has 3 atom stereocenters. The Bertz CT molecular complexity index is 1050. The van der Waals surface area contributed by atoms with Crippen LogP contribution in [0, 0.1) is 5.92 Å². The summed E-state index contributed by atoms with van der Waals surface area (Å²) >= 11 is 0. The molecule has 2 aliphatic rings. The second-order valence-corrected chi connectivity index (χ2v) is 12.8. The van der Waals surface area contributed by atoms with Crippen molar-refractivity contribution in [3.05, 3.63) is 29.8 Å². The maximum atomic E-state index is 13.6. The lowest BCUT2D eigenvalue weighted by Crippen LogP contribution is -2.45. The summed E-state index contributed by atoms with van der Waals surface area (Å²) in [5.74, 6) is -2.91. The summed E-state index contributed by atoms with van der Waals surface area (Å²) in [6.45, 7) is 10.2. The molecular formula is C30H43F2NO8. The van der Waals surface area contributed by atoms with Gasteiger partial charge >= 0.3 is 18.2 Å². The van der Waals surface area contributed by atoms with Crippen molar-refractivity contribution in [3.63, 3.8) is 0 Å². The van der Waals surface area contributed by atoms with E-state index in [1.165, 1.54) is 4.90 Å². The largest absolute Gasteiger partial charge is 0.509 e. The van der Waals surface area contributed by atoms with Gasteiger partial charge in [-0.3, -0.25) is 9.69 Å². The van der Waals surface area contributed by atoms with Gasteiger partial charge < -0.3 is 23.7 Å². The molecule has 0 bridgehead atoms. The van der Waals surface area contributed by atoms with Gasteiger partial charge in [0.15, 0.2) is 12.2 Å². The van der Waals surface area contributed by atoms with Gasteiger partial charge in [-0.1, -0.05) is 12.1 Å². The Morgan fingerprint density at radius 1 is 0.927 bits per heavy atom. The van der Waals surface area contributed by atoms with Crippen molar-refractivity contribution in [1.82, 2.24) is 4.90 Å². The van der Waals surface area contributed by atoms with Gasteiger partial charge in [-0.05, 0) is 84.4 Å². The van der Waals surface area contributed by atoms with Crippen LogP contribution in [0.25, 0.3) is 0 Å². The number of methoxy groups -OCH3 is 1. The predicted octanol–water partition coefficient (Wildman–Crippen LogP) is 6.30. The van der Waals surface area contributed by atoms with E-state index in [4.69, 9.17) is 23.7 Å². The Balaban J connectivity index is 1.88. The third kappa shape index (κ3) is 10.0. The van der Waals surface area contributed by atoms with Crippen LogP contribution in [0.3, 0.4) is 0 Å². The van der Waals surface area contributed by atoms with E-state index in [-0.39, 0.29) is 51.0 Å². The molecule has 0 N–H and O–H groups in total. The van der Waals surface area contributed by atoms with E-state index in [2.05, 4.69) is 0 Å². The van der Waals surface area contributed by atoms with Gasteiger partial charge in [-0.25, -0.2) is 18.4 Å². The zero-order chi connectivity index (χ0) is 30.6. The van der Waals surface area contributed by atoms with Crippen molar-refractivity contribution in [1.29, 1.82) is 0 Å². The van der Waals surface area contributed by atoms with Crippen molar-refractivity contribution in [3.8, 4) is 5.75 Å². The average molecular weight is 584 g/mol. The van der Waals surface area contributed by atoms with Crippen LogP contribution in [0.4, 0.5) is 18.4 Å². The van der Waals surface area contributed by atoms with Crippen LogP contribution in [0.2, 0.25) is 0 Å². The van der Waals surface area contributed by atoms with Gasteiger partial charge in [0.1, 0.15) is 17.0 Å². The number of carbonyl (C=O) groups excluding carboxylic acids is 3. The monoisotopic (exact) mass is 583 g/mol. The molecule has 3 rings (SSSR count). The minimum atomic E-state index is -2.71. The number of benzene rings is 1. The fourth-order valence-corrected chi connectivity index (χ4v) is 5.01. The van der Waals surface area contributed by atoms with E-state index in [0.717, 1.165) is 5.56 Å². The van der Waals surface area contributed by atoms with Gasteiger partial charge in [0.05, 0.1) is 19.7 Å². The summed E-state index contributed by atoms with van der Waals surface area (Å²) in [6.07, 6.45) is -3.62. The summed E-state index contributed by atoms with van der Waals surface area (Å²) < 4.78 is 55.0. The van der Waals surface area contributed by atoms with Gasteiger partial charge in [-0.15, -0.1) is 0 Å². The number of hydrogen-bond acceptors (Lipinski definition) is 8. The molecule has 1 amide bonds. The molecule has 0 aromatic heterocycles. The molecule has 1 aliphatic carbocycles. The average Bonchev–Trinajstić information content (AvgIpc) is 3.15. The van der Waals surface area contributed by atoms with Crippen LogP contribution < -0.4 is 4.74 Å². The lowest BCUT2D eigenvalue weighted by Gasteiger charge is -2.31. The molecule has 1 saturated heterocycles. The highest BCUT2D eigenvalue weighted by Gasteiger charge is 2.50. The molecule has 1 heterocycles. The molecule has 11 heteroatoms. The number of carbonyl (C=O) groups is 3. The van der Waals surface area contributed by atoms with Crippen molar-refractivity contribution in [2.24, 2.45) is 5.92 Å². The third-order valence-electron chi connectivity index (χ3n) is 6.95. The zero-order valence-electron chi connectivity index (χ0n) is 25.0. The summed E-state index contributed by atoms with van der Waals surface area (Å²) in [4.78, 5) is 40.5. The quantitative estimate of drug-likeness (QED) is 0.272. The Kier molecular flexibility index (Phi) is 10.1. The van der Waals surface area contributed by atoms with Gasteiger partial charge in [-0.2, -0.15) is 0 Å². The molecule has 1 saturated carbocycles. The van der Waals surface area contributed by atoms with Crippen molar-refractivity contribution in [2.75, 3.05) is 13.7 Å². The van der Waals surface area contributed by atoms with E-state index in [1.54, 1.807) is 60.8 Å². The minimum absolute atomic E-state index is 0.0482. The van der Waals surface area contributed by atoms with Crippen LogP contribution in [0.15, 0.2) is 24.3 Å². The molecule has 0 radical (unpaired) electrons. The fraction of sp³-hybridized carbons (Fsp3) is 0.700. The molecule has 230 valence electrons. The van der Waals surface area contributed by atoms with Crippen LogP contribution in [0.1, 0.15) is 79.2 Å². The molecule has 9 nitrogen and oxygen atoms in total. The number of hydrogen-bond donors (Lipinski definition) is 0. The number of ether oxygens (including phenoxy) is 5. The first-order valence-corrected chi connectivity index (χ1v) is 14.0. The molecular weight excluding hydrogens is 540 g/mol. The Morgan fingerprint density at radius 3 is 2.05 bits per heavy atom. The van der Waals surface area contributed by atoms with Crippen molar-refractivity contribution >= 4 is 18.2 Å². The number of amides is 1. The first-order valence-electron chi connectivity index (χ1n) is 14.0. The number of halogens is 2. The van der Waals surface area contributed by atoms with Gasteiger partial charge in [0.25, 0.3) is 0 Å². The maximum absolute atomic E-state index is 13.6. The standard InChI is InChI=1S/C30H43F2NO8/c1-28(2,3)40-26(35)33-18-23(38-27(36)41-29(4,5)6)25(22(33)16-19-8-10-21(37-7)11-9-19)39-24(34)17-20-12-14-30(31,32)15-13-20/h8-11,20,22-23,25H,12-18H2,1-7H3/t22-,23+,25+/m1/s1. The second-order valence-electron chi connectivity index (χ2n) is 12.8. The van der Waals surface area contributed by atoms with E-state index in [1.807, 2.05) is 12.1 Å². The number of rotatable bonds is 7. The molecule has 2 fully saturated rings. The molecule has 1 aliphatic heterocycles. The fourth-order valence-electron chi connectivity index (χ4n) is 5.01. The number of esters is 1. The summed E-state index contributed by atoms with van der Waals surface area (Å²) in [7, 11) is 1.55. The highest BCUT2D eigenvalue weighted by molar-refractivity contribution is 5.72. The van der Waals surface area contributed by atoms with Gasteiger partial charge in [0.2, 0.25) is 5.92 Å². The summed E-state index contributed by atoms with van der Waals surface area (Å²) in [5.41, 5.74) is -0.822. The Morgan fingerprint density at radius 2 is 1.51 bits per heavy atom. The highest BCUT2D eigenvalue weighted by Crippen LogP contribution is 2.38. The van der Waals surface area contributed by atoms with Crippen LogP contribution in [0.5, 0.6) is 5.75 Å². The Labute approximate surface area is 240 Å². The summed E-state index contributed by atoms with van der Waals surface area (Å²) in [5, 5.41) is 0. The smallest absolute Gasteiger partial charge is 0.497 e. The molecule has 41 heavy (non-hydrogen) atoms. The first kappa shape index (κ1) is 32.4. The second kappa shape index (κ2) is 12.8. The topological polar surface area (TPSA) is 101 Å².